The number of nitrogens with zero attached hydrogens (tertiary/aromatic N) is 3. The van der Waals surface area contributed by atoms with Gasteiger partial charge in [-0.05, 0) is 74.0 Å². The lowest BCUT2D eigenvalue weighted by Crippen LogP contribution is -2.46. The second kappa shape index (κ2) is 12.0. The third kappa shape index (κ3) is 5.09. The highest BCUT2D eigenvalue weighted by atomic mass is 28.4. The Morgan fingerprint density at radius 3 is 2.54 bits per heavy atom. The lowest BCUT2D eigenvalue weighted by atomic mass is 9.82. The number of aliphatic hydroxyl groups is 1. The molecular formula is C36H42N4O7Si. The summed E-state index contributed by atoms with van der Waals surface area (Å²) in [5.41, 5.74) is 1.65. The van der Waals surface area contributed by atoms with Gasteiger partial charge in [-0.1, -0.05) is 31.2 Å². The van der Waals surface area contributed by atoms with E-state index in [9.17, 15) is 24.3 Å². The van der Waals surface area contributed by atoms with E-state index in [1.165, 1.54) is 4.68 Å². The van der Waals surface area contributed by atoms with Gasteiger partial charge < -0.3 is 29.2 Å². The molecule has 5 atom stereocenters. The van der Waals surface area contributed by atoms with Gasteiger partial charge in [0, 0.05) is 23.6 Å². The lowest BCUT2D eigenvalue weighted by Gasteiger charge is -2.32. The molecule has 4 aromatic rings. The van der Waals surface area contributed by atoms with Gasteiger partial charge in [-0.25, -0.2) is 4.68 Å². The van der Waals surface area contributed by atoms with Gasteiger partial charge in [0.15, 0.2) is 13.9 Å². The van der Waals surface area contributed by atoms with Crippen LogP contribution in [0.1, 0.15) is 37.3 Å². The summed E-state index contributed by atoms with van der Waals surface area (Å²) in [6, 6.07) is 20.1. The standard InChI is InChI=1S/C36H42N4O7Si/c1-22-33(48(3,4)45)31(19-32(42)38-17-7-8-25(38)21-41)47-36(22)28-18-26(46-2)15-16-30(28)39(35(36)44)20-23-11-13-24(14-12-23)40-34(43)27-9-5-6-10-29(27)37-40/h5-6,9-16,18,22,25,31,33,37,41,45H,7-8,17,19-21H2,1-4H3/t22-,25+,31+,33-,36+/m1/s1. The molecule has 0 radical (unpaired) electrons. The third-order valence-electron chi connectivity index (χ3n) is 10.6. The van der Waals surface area contributed by atoms with Crippen molar-refractivity contribution in [2.24, 2.45) is 5.92 Å². The number of methoxy groups -OCH3 is 1. The fraction of sp³-hybridized carbons (Fsp3) is 0.417. The van der Waals surface area contributed by atoms with Crippen molar-refractivity contribution in [1.29, 1.82) is 0 Å². The van der Waals surface area contributed by atoms with E-state index in [1.807, 2.05) is 80.7 Å². The number of rotatable bonds is 8. The van der Waals surface area contributed by atoms with E-state index in [2.05, 4.69) is 5.10 Å². The van der Waals surface area contributed by atoms with Crippen LogP contribution in [0.15, 0.2) is 71.5 Å². The van der Waals surface area contributed by atoms with Gasteiger partial charge in [0.25, 0.3) is 11.5 Å². The molecule has 3 aromatic carbocycles. The fourth-order valence-corrected chi connectivity index (χ4v) is 10.9. The Bertz CT molecular complexity index is 1930. The fourth-order valence-electron chi connectivity index (χ4n) is 8.36. The van der Waals surface area contributed by atoms with Crippen molar-refractivity contribution >= 4 is 36.7 Å². The molecule has 4 heterocycles. The van der Waals surface area contributed by atoms with Crippen molar-refractivity contribution in [3.8, 4) is 11.4 Å². The normalized spacial score (nSPS) is 25.4. The number of hydrogen-bond donors (Lipinski definition) is 3. The maximum atomic E-state index is 14.8. The van der Waals surface area contributed by atoms with E-state index in [0.29, 0.717) is 34.6 Å². The topological polar surface area (TPSA) is 137 Å². The molecule has 2 amide bonds. The number of hydrogen-bond acceptors (Lipinski definition) is 7. The van der Waals surface area contributed by atoms with E-state index in [0.717, 1.165) is 23.9 Å². The number of nitrogens with one attached hydrogen (secondary N) is 1. The van der Waals surface area contributed by atoms with Crippen molar-refractivity contribution in [1.82, 2.24) is 14.7 Å². The van der Waals surface area contributed by atoms with Crippen LogP contribution < -0.4 is 15.2 Å². The highest BCUT2D eigenvalue weighted by molar-refractivity contribution is 6.71. The molecule has 0 aliphatic carbocycles. The number of aromatic amines is 1. The molecule has 11 nitrogen and oxygen atoms in total. The number of amides is 2. The molecule has 3 N–H and O–H groups in total. The zero-order chi connectivity index (χ0) is 34.0. The van der Waals surface area contributed by atoms with Crippen LogP contribution in [0.3, 0.4) is 0 Å². The Morgan fingerprint density at radius 1 is 1.10 bits per heavy atom. The van der Waals surface area contributed by atoms with Crippen LogP contribution in [0.25, 0.3) is 16.6 Å². The van der Waals surface area contributed by atoms with Crippen LogP contribution in [0.5, 0.6) is 5.75 Å². The van der Waals surface area contributed by atoms with Crippen LogP contribution in [-0.4, -0.2) is 77.1 Å². The van der Waals surface area contributed by atoms with Gasteiger partial charge in [-0.15, -0.1) is 0 Å². The van der Waals surface area contributed by atoms with Gasteiger partial charge >= 0.3 is 0 Å². The summed E-state index contributed by atoms with van der Waals surface area (Å²) in [5, 5.41) is 13.6. The summed E-state index contributed by atoms with van der Waals surface area (Å²) in [6.45, 7) is 6.35. The van der Waals surface area contributed by atoms with Crippen molar-refractivity contribution in [2.45, 2.75) is 69.1 Å². The minimum Gasteiger partial charge on any atom is -0.497 e. The Morgan fingerprint density at radius 2 is 1.85 bits per heavy atom. The van der Waals surface area contributed by atoms with Gasteiger partial charge in [0.2, 0.25) is 5.91 Å². The number of aromatic nitrogens is 2. The van der Waals surface area contributed by atoms with E-state index < -0.39 is 31.5 Å². The van der Waals surface area contributed by atoms with Gasteiger partial charge in [-0.3, -0.25) is 19.5 Å². The largest absolute Gasteiger partial charge is 0.497 e. The molecule has 0 saturated carbocycles. The van der Waals surface area contributed by atoms with Crippen LogP contribution >= 0.6 is 0 Å². The molecular weight excluding hydrogens is 629 g/mol. The predicted octanol–water partition coefficient (Wildman–Crippen LogP) is 4.05. The summed E-state index contributed by atoms with van der Waals surface area (Å²) in [5.74, 6) is -0.243. The number of H-pyrrole nitrogens is 1. The number of carbonyl (C=O) groups excluding carboxylic acids is 2. The number of ether oxygens (including phenoxy) is 2. The maximum absolute atomic E-state index is 14.8. The molecule has 252 valence electrons. The molecule has 48 heavy (non-hydrogen) atoms. The number of carbonyl (C=O) groups is 2. The summed E-state index contributed by atoms with van der Waals surface area (Å²) < 4.78 is 14.0. The summed E-state index contributed by atoms with van der Waals surface area (Å²) in [4.78, 5) is 56.5. The molecule has 3 aliphatic heterocycles. The van der Waals surface area contributed by atoms with Gasteiger partial charge in [-0.2, -0.15) is 0 Å². The molecule has 2 saturated heterocycles. The third-order valence-corrected chi connectivity index (χ3v) is 13.1. The second-order valence-corrected chi connectivity index (χ2v) is 17.8. The summed E-state index contributed by atoms with van der Waals surface area (Å²) in [6.07, 6.45) is 0.909. The number of aliphatic hydroxyl groups excluding tert-OH is 1. The van der Waals surface area contributed by atoms with Crippen LogP contribution in [0, 0.1) is 5.92 Å². The zero-order valence-electron chi connectivity index (χ0n) is 27.7. The molecule has 0 bridgehead atoms. The van der Waals surface area contributed by atoms with Crippen LogP contribution in [-0.2, 0) is 26.5 Å². The van der Waals surface area contributed by atoms with Crippen LogP contribution in [0.2, 0.25) is 18.6 Å². The monoisotopic (exact) mass is 670 g/mol. The number of para-hydroxylation sites is 1. The molecule has 3 aliphatic rings. The highest BCUT2D eigenvalue weighted by Crippen LogP contribution is 2.60. The first kappa shape index (κ1) is 32.3. The Kier molecular flexibility index (Phi) is 8.10. The van der Waals surface area contributed by atoms with Crippen molar-refractivity contribution in [3.63, 3.8) is 0 Å². The minimum absolute atomic E-state index is 0.0193. The molecule has 0 unspecified atom stereocenters. The first-order valence-corrected chi connectivity index (χ1v) is 19.6. The first-order valence-electron chi connectivity index (χ1n) is 16.6. The second-order valence-electron chi connectivity index (χ2n) is 13.9. The van der Waals surface area contributed by atoms with E-state index in [4.69, 9.17) is 9.47 Å². The zero-order valence-corrected chi connectivity index (χ0v) is 28.7. The molecule has 7 rings (SSSR count). The quantitative estimate of drug-likeness (QED) is 0.241. The minimum atomic E-state index is -2.98. The van der Waals surface area contributed by atoms with Crippen molar-refractivity contribution in [3.05, 3.63) is 88.2 Å². The Labute approximate surface area is 279 Å². The van der Waals surface area contributed by atoms with Crippen molar-refractivity contribution in [2.75, 3.05) is 25.2 Å². The lowest BCUT2D eigenvalue weighted by molar-refractivity contribution is -0.150. The average molecular weight is 671 g/mol. The van der Waals surface area contributed by atoms with Gasteiger partial charge in [0.1, 0.15) is 5.75 Å². The number of fused-ring (bicyclic) bond motifs is 3. The number of benzene rings is 3. The summed E-state index contributed by atoms with van der Waals surface area (Å²) in [7, 11) is -1.41. The van der Waals surface area contributed by atoms with Crippen molar-refractivity contribution < 1.29 is 29.0 Å². The Hall–Kier alpha value is -4.23. The molecule has 2 fully saturated rings. The predicted molar refractivity (Wildman–Crippen MR) is 184 cm³/mol. The van der Waals surface area contributed by atoms with E-state index >= 15 is 0 Å². The SMILES string of the molecule is COc1ccc2c(c1)[C@]1(O[C@@H](CC(=O)N3CCC[C@H]3CO)[C@H]([Si](C)(C)O)[C@H]1C)C(=O)N2Cc1ccc(-n2[nH]c3ccccc3c2=O)cc1. The number of likely N-dealkylation sites (tertiary alicyclic amines) is 1. The average Bonchev–Trinajstić information content (AvgIpc) is 3.81. The molecule has 1 spiro atoms. The highest BCUT2D eigenvalue weighted by Gasteiger charge is 2.66. The van der Waals surface area contributed by atoms with Crippen LogP contribution in [0.4, 0.5) is 5.69 Å². The maximum Gasteiger partial charge on any atom is 0.279 e. The first-order chi connectivity index (χ1) is 23.0. The summed E-state index contributed by atoms with van der Waals surface area (Å²) >= 11 is 0. The van der Waals surface area contributed by atoms with E-state index in [-0.39, 0.29) is 43.0 Å². The van der Waals surface area contributed by atoms with Gasteiger partial charge in [0.05, 0.1) is 61.1 Å². The Balaban J connectivity index is 1.22. The molecule has 12 heteroatoms. The van der Waals surface area contributed by atoms with E-state index in [1.54, 1.807) is 23.0 Å². The smallest absolute Gasteiger partial charge is 0.279 e. The molecule has 1 aromatic heterocycles. The number of anilines is 1.